The molecule has 0 bridgehead atoms. The molecule has 1 aromatic carbocycles. The van der Waals surface area contributed by atoms with Gasteiger partial charge < -0.3 is 5.11 Å². The van der Waals surface area contributed by atoms with Crippen LogP contribution in [0.3, 0.4) is 0 Å². The summed E-state index contributed by atoms with van der Waals surface area (Å²) in [5, 5.41) is 14.0. The maximum atomic E-state index is 11.4. The number of halogens is 1. The van der Waals surface area contributed by atoms with Crippen molar-refractivity contribution in [3.8, 4) is 5.69 Å². The predicted molar refractivity (Wildman–Crippen MR) is 83.7 cm³/mol. The molecule has 0 saturated heterocycles. The molecule has 2 rings (SSSR count). The standard InChI is InChI=1S/C16H19ClN2O2/c1-5-6-12-13(16(20)21)15(17)19(18-12)14-10(3)7-9(2)8-11(14)4/h7-8H,5-6H2,1-4H3,(H,20,21). The SMILES string of the molecule is CCCc1nn(-c2c(C)cc(C)cc2C)c(Cl)c1C(=O)O. The van der Waals surface area contributed by atoms with Gasteiger partial charge in [-0.25, -0.2) is 9.48 Å². The highest BCUT2D eigenvalue weighted by Gasteiger charge is 2.23. The van der Waals surface area contributed by atoms with Crippen molar-refractivity contribution >= 4 is 17.6 Å². The Morgan fingerprint density at radius 3 is 2.33 bits per heavy atom. The van der Waals surface area contributed by atoms with Crippen molar-refractivity contribution in [1.82, 2.24) is 9.78 Å². The average molecular weight is 307 g/mol. The second-order valence-electron chi connectivity index (χ2n) is 5.33. The summed E-state index contributed by atoms with van der Waals surface area (Å²) in [6, 6.07) is 4.08. The first-order chi connectivity index (χ1) is 9.86. The molecule has 1 heterocycles. The van der Waals surface area contributed by atoms with Crippen LogP contribution in [0.5, 0.6) is 0 Å². The Morgan fingerprint density at radius 2 is 1.86 bits per heavy atom. The van der Waals surface area contributed by atoms with Crippen LogP contribution in [0.1, 0.15) is 46.1 Å². The van der Waals surface area contributed by atoms with Crippen LogP contribution in [0.2, 0.25) is 5.15 Å². The van der Waals surface area contributed by atoms with E-state index in [-0.39, 0.29) is 10.7 Å². The fourth-order valence-electron chi connectivity index (χ4n) is 2.72. The predicted octanol–water partition coefficient (Wildman–Crippen LogP) is 4.10. The van der Waals surface area contributed by atoms with Crippen molar-refractivity contribution < 1.29 is 9.90 Å². The lowest BCUT2D eigenvalue weighted by Crippen LogP contribution is -2.04. The molecule has 5 heteroatoms. The molecule has 0 aliphatic carbocycles. The van der Waals surface area contributed by atoms with Gasteiger partial charge >= 0.3 is 5.97 Å². The summed E-state index contributed by atoms with van der Waals surface area (Å²) in [6.07, 6.45) is 1.41. The second-order valence-corrected chi connectivity index (χ2v) is 5.68. The van der Waals surface area contributed by atoms with Crippen molar-refractivity contribution in [2.24, 2.45) is 0 Å². The number of rotatable bonds is 4. The van der Waals surface area contributed by atoms with Gasteiger partial charge in [0, 0.05) is 0 Å². The minimum absolute atomic E-state index is 0.109. The summed E-state index contributed by atoms with van der Waals surface area (Å²) in [5.74, 6) is -1.03. The van der Waals surface area contributed by atoms with E-state index in [4.69, 9.17) is 11.6 Å². The van der Waals surface area contributed by atoms with Crippen molar-refractivity contribution in [2.75, 3.05) is 0 Å². The number of nitrogens with zero attached hydrogens (tertiary/aromatic N) is 2. The Balaban J connectivity index is 2.71. The van der Waals surface area contributed by atoms with Crippen LogP contribution in [-0.2, 0) is 6.42 Å². The molecule has 0 amide bonds. The number of hydrogen-bond donors (Lipinski definition) is 1. The zero-order valence-electron chi connectivity index (χ0n) is 12.7. The van der Waals surface area contributed by atoms with Gasteiger partial charge in [-0.05, 0) is 38.3 Å². The van der Waals surface area contributed by atoms with E-state index in [1.165, 1.54) is 0 Å². The highest BCUT2D eigenvalue weighted by Crippen LogP contribution is 2.28. The molecule has 21 heavy (non-hydrogen) atoms. The van der Waals surface area contributed by atoms with Crippen LogP contribution >= 0.6 is 11.6 Å². The molecule has 2 aromatic rings. The Labute approximate surface area is 129 Å². The van der Waals surface area contributed by atoms with Gasteiger partial charge in [0.1, 0.15) is 10.7 Å². The third-order valence-corrected chi connectivity index (χ3v) is 3.80. The van der Waals surface area contributed by atoms with Gasteiger partial charge in [0.05, 0.1) is 11.4 Å². The summed E-state index contributed by atoms with van der Waals surface area (Å²) >= 11 is 6.30. The lowest BCUT2D eigenvalue weighted by atomic mass is 10.1. The zero-order chi connectivity index (χ0) is 15.7. The molecule has 0 unspecified atom stereocenters. The van der Waals surface area contributed by atoms with Gasteiger partial charge in [0.15, 0.2) is 0 Å². The summed E-state index contributed by atoms with van der Waals surface area (Å²) in [5.41, 5.74) is 4.71. The Morgan fingerprint density at radius 1 is 1.29 bits per heavy atom. The summed E-state index contributed by atoms with van der Waals surface area (Å²) in [7, 11) is 0. The normalized spacial score (nSPS) is 10.9. The van der Waals surface area contributed by atoms with E-state index in [1.54, 1.807) is 4.68 Å². The maximum absolute atomic E-state index is 11.4. The summed E-state index contributed by atoms with van der Waals surface area (Å²) < 4.78 is 1.56. The van der Waals surface area contributed by atoms with E-state index in [2.05, 4.69) is 5.10 Å². The van der Waals surface area contributed by atoms with Crippen LogP contribution in [-0.4, -0.2) is 20.9 Å². The van der Waals surface area contributed by atoms with Crippen molar-refractivity contribution in [3.63, 3.8) is 0 Å². The van der Waals surface area contributed by atoms with E-state index in [9.17, 15) is 9.90 Å². The molecule has 0 aliphatic heterocycles. The molecule has 112 valence electrons. The lowest BCUT2D eigenvalue weighted by Gasteiger charge is -2.12. The average Bonchev–Trinajstić information content (AvgIpc) is 2.65. The minimum atomic E-state index is -1.03. The zero-order valence-corrected chi connectivity index (χ0v) is 13.5. The van der Waals surface area contributed by atoms with E-state index < -0.39 is 5.97 Å². The first kappa shape index (κ1) is 15.6. The van der Waals surface area contributed by atoms with E-state index in [1.807, 2.05) is 39.8 Å². The van der Waals surface area contributed by atoms with Crippen LogP contribution in [0.15, 0.2) is 12.1 Å². The first-order valence-corrected chi connectivity index (χ1v) is 7.33. The molecule has 0 fully saturated rings. The van der Waals surface area contributed by atoms with Crippen molar-refractivity contribution in [1.29, 1.82) is 0 Å². The van der Waals surface area contributed by atoms with Gasteiger partial charge in [-0.2, -0.15) is 5.10 Å². The number of carboxylic acid groups (broad SMARTS) is 1. The summed E-state index contributed by atoms with van der Waals surface area (Å²) in [6.45, 7) is 7.97. The third kappa shape index (κ3) is 2.81. The van der Waals surface area contributed by atoms with Crippen molar-refractivity contribution in [3.05, 3.63) is 45.2 Å². The van der Waals surface area contributed by atoms with Gasteiger partial charge in [0.2, 0.25) is 0 Å². The van der Waals surface area contributed by atoms with Crippen LogP contribution in [0.4, 0.5) is 0 Å². The molecule has 4 nitrogen and oxygen atoms in total. The molecule has 0 aliphatic rings. The van der Waals surface area contributed by atoms with Crippen molar-refractivity contribution in [2.45, 2.75) is 40.5 Å². The van der Waals surface area contributed by atoms with Gasteiger partial charge in [-0.3, -0.25) is 0 Å². The summed E-state index contributed by atoms with van der Waals surface area (Å²) in [4.78, 5) is 11.4. The van der Waals surface area contributed by atoms with Crippen LogP contribution < -0.4 is 0 Å². The smallest absolute Gasteiger partial charge is 0.340 e. The van der Waals surface area contributed by atoms with Gasteiger partial charge in [-0.1, -0.05) is 42.6 Å². The highest BCUT2D eigenvalue weighted by molar-refractivity contribution is 6.33. The first-order valence-electron chi connectivity index (χ1n) is 6.95. The largest absolute Gasteiger partial charge is 0.478 e. The molecule has 0 radical (unpaired) electrons. The number of carbonyl (C=O) groups is 1. The third-order valence-electron chi connectivity index (χ3n) is 3.45. The number of aryl methyl sites for hydroxylation is 4. The molecule has 0 atom stereocenters. The number of hydrogen-bond acceptors (Lipinski definition) is 2. The number of carboxylic acids is 1. The Kier molecular flexibility index (Phi) is 4.37. The fraction of sp³-hybridized carbons (Fsp3) is 0.375. The Hall–Kier alpha value is -1.81. The second kappa shape index (κ2) is 5.90. The van der Waals surface area contributed by atoms with Crippen LogP contribution in [0.25, 0.3) is 5.69 Å². The monoisotopic (exact) mass is 306 g/mol. The fourth-order valence-corrected chi connectivity index (χ4v) is 3.03. The molecular formula is C16H19ClN2O2. The molecule has 1 N–H and O–H groups in total. The van der Waals surface area contributed by atoms with Gasteiger partial charge in [-0.15, -0.1) is 0 Å². The van der Waals surface area contributed by atoms with Crippen LogP contribution in [0, 0.1) is 20.8 Å². The van der Waals surface area contributed by atoms with E-state index in [0.29, 0.717) is 12.1 Å². The maximum Gasteiger partial charge on any atom is 0.340 e. The van der Waals surface area contributed by atoms with E-state index in [0.717, 1.165) is 28.8 Å². The topological polar surface area (TPSA) is 55.1 Å². The Bertz CT molecular complexity index is 682. The van der Waals surface area contributed by atoms with Gasteiger partial charge in [0.25, 0.3) is 0 Å². The number of aromatic nitrogens is 2. The number of aromatic carboxylic acids is 1. The molecule has 1 aromatic heterocycles. The highest BCUT2D eigenvalue weighted by atomic mass is 35.5. The number of benzene rings is 1. The molecule has 0 spiro atoms. The van der Waals surface area contributed by atoms with E-state index >= 15 is 0 Å². The minimum Gasteiger partial charge on any atom is -0.478 e. The lowest BCUT2D eigenvalue weighted by molar-refractivity contribution is 0.0696. The quantitative estimate of drug-likeness (QED) is 0.925. The molecular weight excluding hydrogens is 288 g/mol. The molecule has 0 saturated carbocycles.